The number of amides is 1. The van der Waals surface area contributed by atoms with Crippen LogP contribution in [0.4, 0.5) is 10.1 Å². The fourth-order valence-electron chi connectivity index (χ4n) is 3.64. The molecule has 1 N–H and O–H groups in total. The Hall–Kier alpha value is -3.42. The van der Waals surface area contributed by atoms with E-state index in [2.05, 4.69) is 15.5 Å². The van der Waals surface area contributed by atoms with Gasteiger partial charge in [0.2, 0.25) is 0 Å². The van der Waals surface area contributed by atoms with Crippen molar-refractivity contribution >= 4 is 11.6 Å². The van der Waals surface area contributed by atoms with Crippen LogP contribution in [0.25, 0.3) is 11.4 Å². The van der Waals surface area contributed by atoms with Gasteiger partial charge in [0.25, 0.3) is 5.91 Å². The van der Waals surface area contributed by atoms with Crippen molar-refractivity contribution in [3.63, 3.8) is 0 Å². The summed E-state index contributed by atoms with van der Waals surface area (Å²) in [6, 6.07) is 9.34. The van der Waals surface area contributed by atoms with Gasteiger partial charge in [0.05, 0.1) is 19.8 Å². The topological polar surface area (TPSA) is 78.3 Å². The highest BCUT2D eigenvalue weighted by Gasteiger charge is 2.19. The second kappa shape index (κ2) is 8.52. The van der Waals surface area contributed by atoms with Crippen molar-refractivity contribution < 1.29 is 18.7 Å². The first kappa shape index (κ1) is 19.9. The van der Waals surface area contributed by atoms with Crippen molar-refractivity contribution in [2.24, 2.45) is 0 Å². The van der Waals surface area contributed by atoms with E-state index in [9.17, 15) is 9.18 Å². The molecular formula is C22H23FN4O3. The molecule has 1 amide bonds. The van der Waals surface area contributed by atoms with Gasteiger partial charge < -0.3 is 19.4 Å². The second-order valence-electron chi connectivity index (χ2n) is 7.12. The van der Waals surface area contributed by atoms with Gasteiger partial charge in [-0.25, -0.2) is 4.39 Å². The smallest absolute Gasteiger partial charge is 0.255 e. The fourth-order valence-corrected chi connectivity index (χ4v) is 3.64. The van der Waals surface area contributed by atoms with E-state index in [-0.39, 0.29) is 5.91 Å². The summed E-state index contributed by atoms with van der Waals surface area (Å²) in [5, 5.41) is 11.3. The van der Waals surface area contributed by atoms with Crippen LogP contribution in [0.1, 0.15) is 35.4 Å². The largest absolute Gasteiger partial charge is 0.493 e. The van der Waals surface area contributed by atoms with Crippen LogP contribution in [-0.2, 0) is 13.0 Å². The maximum Gasteiger partial charge on any atom is 0.255 e. The second-order valence-corrected chi connectivity index (χ2v) is 7.12. The minimum absolute atomic E-state index is 0.320. The normalized spacial score (nSPS) is 13.3. The van der Waals surface area contributed by atoms with Crippen LogP contribution < -0.4 is 14.8 Å². The van der Waals surface area contributed by atoms with Crippen molar-refractivity contribution in [2.75, 3.05) is 19.5 Å². The minimum atomic E-state index is -0.404. The Morgan fingerprint density at radius 3 is 2.67 bits per heavy atom. The number of nitrogens with zero attached hydrogens (tertiary/aromatic N) is 3. The van der Waals surface area contributed by atoms with E-state index >= 15 is 0 Å². The third kappa shape index (κ3) is 3.85. The number of ether oxygens (including phenoxy) is 2. The average molecular weight is 410 g/mol. The summed E-state index contributed by atoms with van der Waals surface area (Å²) in [7, 11) is 3.04. The molecule has 30 heavy (non-hydrogen) atoms. The lowest BCUT2D eigenvalue weighted by Gasteiger charge is -2.12. The lowest BCUT2D eigenvalue weighted by atomic mass is 10.1. The number of carbonyl (C=O) groups is 1. The molecule has 2 heterocycles. The van der Waals surface area contributed by atoms with Gasteiger partial charge in [-0.15, -0.1) is 10.2 Å². The highest BCUT2D eigenvalue weighted by molar-refractivity contribution is 6.04. The first-order chi connectivity index (χ1) is 14.6. The van der Waals surface area contributed by atoms with Crippen molar-refractivity contribution in [3.8, 4) is 22.9 Å². The lowest BCUT2D eigenvalue weighted by molar-refractivity contribution is 0.102. The van der Waals surface area contributed by atoms with Gasteiger partial charge in [0, 0.05) is 24.2 Å². The number of benzene rings is 2. The summed E-state index contributed by atoms with van der Waals surface area (Å²) >= 11 is 0. The first-order valence-electron chi connectivity index (χ1n) is 9.86. The number of methoxy groups -OCH3 is 2. The quantitative estimate of drug-likeness (QED) is 0.686. The van der Waals surface area contributed by atoms with E-state index in [0.717, 1.165) is 38.1 Å². The molecule has 4 rings (SSSR count). The molecule has 0 bridgehead atoms. The Balaban J connectivity index is 1.61. The SMILES string of the molecule is COc1ccc(C(=O)Nc2ccc(F)c(-c3nnc4n3CCCCC4)c2)cc1OC. The maximum atomic E-state index is 14.6. The highest BCUT2D eigenvalue weighted by Crippen LogP contribution is 2.30. The summed E-state index contributed by atoms with van der Waals surface area (Å²) in [6.07, 6.45) is 4.02. The number of aromatic nitrogens is 3. The predicted octanol–water partition coefficient (Wildman–Crippen LogP) is 4.08. The van der Waals surface area contributed by atoms with Crippen LogP contribution in [0.5, 0.6) is 11.5 Å². The van der Waals surface area contributed by atoms with E-state index in [1.54, 1.807) is 24.3 Å². The summed E-state index contributed by atoms with van der Waals surface area (Å²) in [4.78, 5) is 12.7. The number of anilines is 1. The Labute approximate surface area is 173 Å². The minimum Gasteiger partial charge on any atom is -0.493 e. The molecule has 156 valence electrons. The van der Waals surface area contributed by atoms with Gasteiger partial charge in [0.15, 0.2) is 17.3 Å². The number of rotatable bonds is 5. The van der Waals surface area contributed by atoms with Crippen LogP contribution in [-0.4, -0.2) is 34.9 Å². The molecule has 0 saturated heterocycles. The molecule has 1 aliphatic rings. The first-order valence-corrected chi connectivity index (χ1v) is 9.86. The number of hydrogen-bond donors (Lipinski definition) is 1. The monoisotopic (exact) mass is 410 g/mol. The van der Waals surface area contributed by atoms with Gasteiger partial charge in [0.1, 0.15) is 11.6 Å². The van der Waals surface area contributed by atoms with Crippen molar-refractivity contribution in [3.05, 3.63) is 53.6 Å². The molecule has 0 atom stereocenters. The third-order valence-electron chi connectivity index (χ3n) is 5.22. The molecule has 0 aliphatic carbocycles. The van der Waals surface area contributed by atoms with Crippen molar-refractivity contribution in [2.45, 2.75) is 32.2 Å². The van der Waals surface area contributed by atoms with Crippen LogP contribution in [0.15, 0.2) is 36.4 Å². The molecule has 3 aromatic rings. The Bertz CT molecular complexity index is 1080. The summed E-state index contributed by atoms with van der Waals surface area (Å²) < 4.78 is 27.1. The standard InChI is InChI=1S/C22H23FN4O3/c1-29-18-10-7-14(12-19(18)30-2)22(28)24-15-8-9-17(23)16(13-15)21-26-25-20-6-4-3-5-11-27(20)21/h7-10,12-13H,3-6,11H2,1-2H3,(H,24,28). The summed E-state index contributed by atoms with van der Waals surface area (Å²) in [5.74, 6) is 1.61. The van der Waals surface area contributed by atoms with Gasteiger partial charge in [-0.1, -0.05) is 6.42 Å². The molecule has 0 spiro atoms. The van der Waals surface area contributed by atoms with Gasteiger partial charge in [-0.3, -0.25) is 4.79 Å². The number of fused-ring (bicyclic) bond motifs is 1. The molecule has 0 radical (unpaired) electrons. The average Bonchev–Trinajstić information content (AvgIpc) is 3.01. The molecule has 1 aromatic heterocycles. The van der Waals surface area contributed by atoms with E-state index in [1.165, 1.54) is 26.4 Å². The zero-order valence-electron chi connectivity index (χ0n) is 16.9. The number of halogens is 1. The van der Waals surface area contributed by atoms with Crippen LogP contribution in [0.3, 0.4) is 0 Å². The number of carbonyl (C=O) groups excluding carboxylic acids is 1. The van der Waals surface area contributed by atoms with Crippen LogP contribution in [0.2, 0.25) is 0 Å². The highest BCUT2D eigenvalue weighted by atomic mass is 19.1. The molecule has 7 nitrogen and oxygen atoms in total. The third-order valence-corrected chi connectivity index (χ3v) is 5.22. The molecule has 1 aliphatic heterocycles. The van der Waals surface area contributed by atoms with Gasteiger partial charge in [-0.2, -0.15) is 0 Å². The lowest BCUT2D eigenvalue weighted by Crippen LogP contribution is -2.12. The van der Waals surface area contributed by atoms with E-state index < -0.39 is 5.82 Å². The molecule has 0 fully saturated rings. The molecular weight excluding hydrogens is 387 g/mol. The fraction of sp³-hybridized carbons (Fsp3) is 0.318. The van der Waals surface area contributed by atoms with Crippen molar-refractivity contribution in [1.82, 2.24) is 14.8 Å². The number of aryl methyl sites for hydroxylation is 1. The molecule has 0 saturated carbocycles. The Morgan fingerprint density at radius 2 is 1.87 bits per heavy atom. The van der Waals surface area contributed by atoms with Gasteiger partial charge >= 0.3 is 0 Å². The number of nitrogens with one attached hydrogen (secondary N) is 1. The summed E-state index contributed by atoms with van der Waals surface area (Å²) in [6.45, 7) is 0.763. The van der Waals surface area contributed by atoms with E-state index in [4.69, 9.17) is 9.47 Å². The number of hydrogen-bond acceptors (Lipinski definition) is 5. The van der Waals surface area contributed by atoms with Crippen LogP contribution >= 0.6 is 0 Å². The zero-order valence-corrected chi connectivity index (χ0v) is 16.9. The van der Waals surface area contributed by atoms with Crippen LogP contribution in [0, 0.1) is 5.82 Å². The Morgan fingerprint density at radius 1 is 1.03 bits per heavy atom. The summed E-state index contributed by atoms with van der Waals surface area (Å²) in [5.41, 5.74) is 1.19. The maximum absolute atomic E-state index is 14.6. The molecule has 2 aromatic carbocycles. The van der Waals surface area contributed by atoms with E-state index in [0.29, 0.717) is 34.1 Å². The zero-order chi connectivity index (χ0) is 21.1. The predicted molar refractivity (Wildman–Crippen MR) is 110 cm³/mol. The Kier molecular flexibility index (Phi) is 5.65. The van der Waals surface area contributed by atoms with Crippen molar-refractivity contribution in [1.29, 1.82) is 0 Å². The van der Waals surface area contributed by atoms with Gasteiger partial charge in [-0.05, 0) is 49.2 Å². The molecule has 8 heteroatoms. The molecule has 0 unspecified atom stereocenters. The van der Waals surface area contributed by atoms with E-state index in [1.807, 2.05) is 4.57 Å².